The van der Waals surface area contributed by atoms with Crippen LogP contribution in [-0.4, -0.2) is 23.4 Å². The van der Waals surface area contributed by atoms with E-state index in [1.54, 1.807) is 30.1 Å². The maximum atomic E-state index is 8.79. The van der Waals surface area contributed by atoms with Crippen LogP contribution in [0.15, 0.2) is 23.4 Å². The van der Waals surface area contributed by atoms with E-state index in [1.807, 2.05) is 0 Å². The molecule has 0 spiro atoms. The molecule has 0 aromatic carbocycles. The van der Waals surface area contributed by atoms with E-state index in [-0.39, 0.29) is 0 Å². The molecule has 2 heterocycles. The molecule has 0 saturated carbocycles. The highest BCUT2D eigenvalue weighted by Gasteiger charge is 2.21. The van der Waals surface area contributed by atoms with Gasteiger partial charge >= 0.3 is 0 Å². The molecular formula is C9H8N2OS. The van der Waals surface area contributed by atoms with Crippen molar-refractivity contribution in [2.24, 2.45) is 0 Å². The zero-order chi connectivity index (χ0) is 9.10. The molecule has 1 aliphatic rings. The van der Waals surface area contributed by atoms with Crippen LogP contribution < -0.4 is 0 Å². The topological polar surface area (TPSA) is 45.9 Å². The Balaban J connectivity index is 2.14. The van der Waals surface area contributed by atoms with E-state index in [2.05, 4.69) is 11.1 Å². The van der Waals surface area contributed by atoms with Gasteiger partial charge in [-0.3, -0.25) is 0 Å². The van der Waals surface area contributed by atoms with Crippen LogP contribution >= 0.6 is 11.8 Å². The van der Waals surface area contributed by atoms with Crippen molar-refractivity contribution in [1.82, 2.24) is 4.98 Å². The van der Waals surface area contributed by atoms with Crippen LogP contribution in [0.4, 0.5) is 0 Å². The second-order valence-corrected chi connectivity index (χ2v) is 4.03. The van der Waals surface area contributed by atoms with E-state index in [0.717, 1.165) is 18.2 Å². The minimum absolute atomic E-state index is 0.474. The average Bonchev–Trinajstić information content (AvgIpc) is 2.12. The van der Waals surface area contributed by atoms with Crippen molar-refractivity contribution in [3.63, 3.8) is 0 Å². The lowest BCUT2D eigenvalue weighted by Crippen LogP contribution is -2.30. The molecule has 1 saturated heterocycles. The number of aromatic nitrogens is 1. The van der Waals surface area contributed by atoms with Gasteiger partial charge in [0.2, 0.25) is 0 Å². The molecule has 13 heavy (non-hydrogen) atoms. The highest BCUT2D eigenvalue weighted by molar-refractivity contribution is 8.00. The number of thioether (sulfide) groups is 1. The molecule has 0 amide bonds. The summed E-state index contributed by atoms with van der Waals surface area (Å²) >= 11 is 1.62. The first-order chi connectivity index (χ1) is 6.40. The fourth-order valence-corrected chi connectivity index (χ4v) is 2.02. The zero-order valence-corrected chi connectivity index (χ0v) is 7.75. The highest BCUT2D eigenvalue weighted by atomic mass is 32.2. The lowest BCUT2D eigenvalue weighted by molar-refractivity contribution is 0.0454. The van der Waals surface area contributed by atoms with Crippen molar-refractivity contribution < 1.29 is 4.74 Å². The van der Waals surface area contributed by atoms with E-state index in [4.69, 9.17) is 10.00 Å². The van der Waals surface area contributed by atoms with Crippen molar-refractivity contribution in [2.75, 3.05) is 13.2 Å². The summed E-state index contributed by atoms with van der Waals surface area (Å²) in [6, 6.07) is 5.69. The molecule has 4 heteroatoms. The Labute approximate surface area is 80.7 Å². The standard InChI is InChI=1S/C9H8N2OS/c10-4-7-2-1-3-11-9(7)13-8-5-12-6-8/h1-3,8H,5-6H2. The van der Waals surface area contributed by atoms with E-state index < -0.39 is 0 Å². The number of nitrogens with zero attached hydrogens (tertiary/aromatic N) is 2. The molecule has 1 aromatic rings. The lowest BCUT2D eigenvalue weighted by Gasteiger charge is -2.24. The van der Waals surface area contributed by atoms with E-state index in [1.165, 1.54) is 0 Å². The second-order valence-electron chi connectivity index (χ2n) is 2.75. The van der Waals surface area contributed by atoms with Crippen LogP contribution in [0, 0.1) is 11.3 Å². The Morgan fingerprint density at radius 1 is 1.62 bits per heavy atom. The zero-order valence-electron chi connectivity index (χ0n) is 6.93. The van der Waals surface area contributed by atoms with Crippen molar-refractivity contribution >= 4 is 11.8 Å². The molecule has 0 radical (unpaired) electrons. The fraction of sp³-hybridized carbons (Fsp3) is 0.333. The summed E-state index contributed by atoms with van der Waals surface area (Å²) in [6.07, 6.45) is 1.71. The molecule has 66 valence electrons. The Morgan fingerprint density at radius 2 is 2.46 bits per heavy atom. The van der Waals surface area contributed by atoms with E-state index >= 15 is 0 Å². The summed E-state index contributed by atoms with van der Waals surface area (Å²) in [6.45, 7) is 1.54. The largest absolute Gasteiger partial charge is 0.379 e. The molecule has 1 aromatic heterocycles. The van der Waals surface area contributed by atoms with Gasteiger partial charge in [0.1, 0.15) is 11.1 Å². The molecule has 1 aliphatic heterocycles. The van der Waals surface area contributed by atoms with Crippen molar-refractivity contribution in [1.29, 1.82) is 5.26 Å². The molecule has 0 atom stereocenters. The van der Waals surface area contributed by atoms with Crippen LogP contribution in [0.25, 0.3) is 0 Å². The quantitative estimate of drug-likeness (QED) is 0.711. The van der Waals surface area contributed by atoms with Gasteiger partial charge in [0.25, 0.3) is 0 Å². The first-order valence-corrected chi connectivity index (χ1v) is 4.87. The summed E-state index contributed by atoms with van der Waals surface area (Å²) in [4.78, 5) is 4.16. The van der Waals surface area contributed by atoms with Gasteiger partial charge in [0, 0.05) is 6.20 Å². The number of hydrogen-bond donors (Lipinski definition) is 0. The third-order valence-corrected chi connectivity index (χ3v) is 2.93. The van der Waals surface area contributed by atoms with Gasteiger partial charge in [-0.25, -0.2) is 4.98 Å². The Morgan fingerprint density at radius 3 is 3.08 bits per heavy atom. The third kappa shape index (κ3) is 1.82. The van der Waals surface area contributed by atoms with E-state index in [9.17, 15) is 0 Å². The van der Waals surface area contributed by atoms with Crippen molar-refractivity contribution in [3.8, 4) is 6.07 Å². The van der Waals surface area contributed by atoms with Crippen LogP contribution in [0.5, 0.6) is 0 Å². The first-order valence-electron chi connectivity index (χ1n) is 3.99. The molecule has 1 fully saturated rings. The predicted octanol–water partition coefficient (Wildman–Crippen LogP) is 1.44. The maximum Gasteiger partial charge on any atom is 0.114 e. The van der Waals surface area contributed by atoms with Gasteiger partial charge in [-0.2, -0.15) is 5.26 Å². The van der Waals surface area contributed by atoms with Gasteiger partial charge < -0.3 is 4.74 Å². The van der Waals surface area contributed by atoms with Gasteiger partial charge in [0.15, 0.2) is 0 Å². The van der Waals surface area contributed by atoms with Crippen LogP contribution in [0.1, 0.15) is 5.56 Å². The number of hydrogen-bond acceptors (Lipinski definition) is 4. The summed E-state index contributed by atoms with van der Waals surface area (Å²) in [7, 11) is 0. The number of rotatable bonds is 2. The summed E-state index contributed by atoms with van der Waals surface area (Å²) in [5.41, 5.74) is 0.652. The fourth-order valence-electron chi connectivity index (χ4n) is 1.01. The van der Waals surface area contributed by atoms with Gasteiger partial charge in [-0.15, -0.1) is 0 Å². The summed E-state index contributed by atoms with van der Waals surface area (Å²) in [5, 5.41) is 10.1. The molecule has 0 unspecified atom stereocenters. The average molecular weight is 192 g/mol. The normalized spacial score (nSPS) is 16.2. The molecule has 3 nitrogen and oxygen atoms in total. The predicted molar refractivity (Wildman–Crippen MR) is 49.4 cm³/mol. The SMILES string of the molecule is N#Cc1cccnc1SC1COC1. The smallest absolute Gasteiger partial charge is 0.114 e. The number of ether oxygens (including phenoxy) is 1. The first kappa shape index (κ1) is 8.54. The maximum absolute atomic E-state index is 8.79. The number of pyridine rings is 1. The third-order valence-electron chi connectivity index (χ3n) is 1.78. The molecule has 0 bridgehead atoms. The Kier molecular flexibility index (Phi) is 2.48. The second kappa shape index (κ2) is 3.77. The van der Waals surface area contributed by atoms with Crippen molar-refractivity contribution in [2.45, 2.75) is 10.3 Å². The number of nitriles is 1. The lowest BCUT2D eigenvalue weighted by atomic mass is 10.3. The van der Waals surface area contributed by atoms with Crippen molar-refractivity contribution in [3.05, 3.63) is 23.9 Å². The Bertz CT molecular complexity index is 344. The van der Waals surface area contributed by atoms with Crippen LogP contribution in [-0.2, 0) is 4.74 Å². The summed E-state index contributed by atoms with van der Waals surface area (Å²) < 4.78 is 5.05. The van der Waals surface area contributed by atoms with Gasteiger partial charge in [0.05, 0.1) is 24.0 Å². The van der Waals surface area contributed by atoms with E-state index in [0.29, 0.717) is 10.8 Å². The Hall–Kier alpha value is -1.05. The van der Waals surface area contributed by atoms with Crippen LogP contribution in [0.2, 0.25) is 0 Å². The monoisotopic (exact) mass is 192 g/mol. The van der Waals surface area contributed by atoms with Crippen LogP contribution in [0.3, 0.4) is 0 Å². The highest BCUT2D eigenvalue weighted by Crippen LogP contribution is 2.28. The molecule has 0 aliphatic carbocycles. The molecular weight excluding hydrogens is 184 g/mol. The minimum atomic E-state index is 0.474. The van der Waals surface area contributed by atoms with Gasteiger partial charge in [-0.1, -0.05) is 11.8 Å². The summed E-state index contributed by atoms with van der Waals surface area (Å²) in [5.74, 6) is 0. The molecule has 0 N–H and O–H groups in total. The molecule has 2 rings (SSSR count). The van der Waals surface area contributed by atoms with Gasteiger partial charge in [-0.05, 0) is 12.1 Å². The minimum Gasteiger partial charge on any atom is -0.379 e.